The molecule has 2 aromatic carbocycles. The Morgan fingerprint density at radius 1 is 1.18 bits per heavy atom. The molecular weight excluding hydrogens is 463 g/mol. The zero-order valence-corrected chi connectivity index (χ0v) is 15.1. The maximum absolute atomic E-state index is 12.3. The van der Waals surface area contributed by atoms with Crippen LogP contribution in [0.1, 0.15) is 10.4 Å². The number of carbonyl (C=O) groups is 2. The molecule has 3 N–H and O–H groups in total. The number of carbonyl (C=O) groups excluding carboxylic acids is 2. The smallest absolute Gasteiger partial charge is 0.256 e. The minimum atomic E-state index is -0.540. The molecule has 0 fully saturated rings. The highest BCUT2D eigenvalue weighted by Crippen LogP contribution is 2.21. The zero-order valence-electron chi connectivity index (χ0n) is 11.3. The number of hydrogen-bond donors (Lipinski definition) is 2. The molecular formula is C15H12BrIN2O3. The molecule has 0 atom stereocenters. The van der Waals surface area contributed by atoms with E-state index in [1.165, 1.54) is 0 Å². The quantitative estimate of drug-likeness (QED) is 0.653. The standard InChI is InChI=1S/C15H12BrIN2O3/c16-9-1-6-13(17)12(7-9)15(21)19-10-2-4-11(5-3-10)22-8-14(18)20/h1-7H,8H2,(H2,18,20)(H,19,21). The fourth-order valence-electron chi connectivity index (χ4n) is 1.66. The lowest BCUT2D eigenvalue weighted by atomic mass is 10.2. The molecule has 0 aromatic heterocycles. The number of anilines is 1. The Kier molecular flexibility index (Phi) is 5.78. The summed E-state index contributed by atoms with van der Waals surface area (Å²) in [6.45, 7) is -0.179. The molecule has 2 aromatic rings. The van der Waals surface area contributed by atoms with Gasteiger partial charge in [-0.1, -0.05) is 15.9 Å². The predicted octanol–water partition coefficient (Wildman–Crippen LogP) is 3.17. The summed E-state index contributed by atoms with van der Waals surface area (Å²) >= 11 is 5.46. The summed E-state index contributed by atoms with van der Waals surface area (Å²) in [5.41, 5.74) is 6.22. The van der Waals surface area contributed by atoms with Gasteiger partial charge in [0.15, 0.2) is 6.61 Å². The van der Waals surface area contributed by atoms with Crippen molar-refractivity contribution in [2.24, 2.45) is 5.73 Å². The van der Waals surface area contributed by atoms with Gasteiger partial charge in [0.2, 0.25) is 0 Å². The highest BCUT2D eigenvalue weighted by Gasteiger charge is 2.11. The van der Waals surface area contributed by atoms with E-state index in [1.54, 1.807) is 30.3 Å². The van der Waals surface area contributed by atoms with E-state index >= 15 is 0 Å². The SMILES string of the molecule is NC(=O)COc1ccc(NC(=O)c2cc(Br)ccc2I)cc1. The fraction of sp³-hybridized carbons (Fsp3) is 0.0667. The second kappa shape index (κ2) is 7.59. The van der Waals surface area contributed by atoms with Gasteiger partial charge < -0.3 is 15.8 Å². The average molecular weight is 475 g/mol. The number of benzene rings is 2. The van der Waals surface area contributed by atoms with E-state index in [4.69, 9.17) is 10.5 Å². The second-order valence-corrected chi connectivity index (χ2v) is 6.44. The first-order chi connectivity index (χ1) is 10.5. The van der Waals surface area contributed by atoms with Gasteiger partial charge in [-0.3, -0.25) is 9.59 Å². The minimum absolute atomic E-state index is 0.179. The Morgan fingerprint density at radius 3 is 2.50 bits per heavy atom. The van der Waals surface area contributed by atoms with Crippen LogP contribution in [0.2, 0.25) is 0 Å². The number of ether oxygens (including phenoxy) is 1. The lowest BCUT2D eigenvalue weighted by molar-refractivity contribution is -0.119. The first-order valence-corrected chi connectivity index (χ1v) is 8.10. The van der Waals surface area contributed by atoms with Gasteiger partial charge in [-0.15, -0.1) is 0 Å². The van der Waals surface area contributed by atoms with E-state index in [9.17, 15) is 9.59 Å². The van der Waals surface area contributed by atoms with Gasteiger partial charge in [-0.05, 0) is 65.1 Å². The van der Waals surface area contributed by atoms with Crippen molar-refractivity contribution in [3.05, 3.63) is 56.1 Å². The minimum Gasteiger partial charge on any atom is -0.484 e. The maximum Gasteiger partial charge on any atom is 0.256 e. The highest BCUT2D eigenvalue weighted by atomic mass is 127. The summed E-state index contributed by atoms with van der Waals surface area (Å²) in [6, 6.07) is 12.2. The van der Waals surface area contributed by atoms with E-state index in [2.05, 4.69) is 43.8 Å². The van der Waals surface area contributed by atoms with Gasteiger partial charge in [0.25, 0.3) is 11.8 Å². The molecule has 0 saturated heterocycles. The van der Waals surface area contributed by atoms with Crippen molar-refractivity contribution in [1.82, 2.24) is 0 Å². The molecule has 114 valence electrons. The van der Waals surface area contributed by atoms with E-state index < -0.39 is 5.91 Å². The first kappa shape index (κ1) is 16.8. The van der Waals surface area contributed by atoms with Crippen molar-refractivity contribution in [2.75, 3.05) is 11.9 Å². The highest BCUT2D eigenvalue weighted by molar-refractivity contribution is 14.1. The van der Waals surface area contributed by atoms with Crippen LogP contribution in [0, 0.1) is 3.57 Å². The van der Waals surface area contributed by atoms with Gasteiger partial charge in [0, 0.05) is 13.7 Å². The molecule has 0 heterocycles. The molecule has 0 spiro atoms. The summed E-state index contributed by atoms with van der Waals surface area (Å²) in [7, 11) is 0. The largest absolute Gasteiger partial charge is 0.484 e. The summed E-state index contributed by atoms with van der Waals surface area (Å²) in [5.74, 6) is -0.230. The molecule has 2 amide bonds. The van der Waals surface area contributed by atoms with Crippen LogP contribution >= 0.6 is 38.5 Å². The monoisotopic (exact) mass is 474 g/mol. The summed E-state index contributed by atoms with van der Waals surface area (Å²) in [6.07, 6.45) is 0. The number of amides is 2. The Labute approximate surface area is 149 Å². The molecule has 0 aliphatic heterocycles. The topological polar surface area (TPSA) is 81.4 Å². The van der Waals surface area contributed by atoms with Gasteiger partial charge in [-0.25, -0.2) is 0 Å². The number of hydrogen-bond acceptors (Lipinski definition) is 3. The Balaban J connectivity index is 2.05. The van der Waals surface area contributed by atoms with Crippen molar-refractivity contribution in [3.63, 3.8) is 0 Å². The third-order valence-corrected chi connectivity index (χ3v) is 4.10. The Hall–Kier alpha value is -1.61. The van der Waals surface area contributed by atoms with E-state index in [1.807, 2.05) is 12.1 Å². The molecule has 0 saturated carbocycles. The lowest BCUT2D eigenvalue weighted by Gasteiger charge is -2.09. The fourth-order valence-corrected chi connectivity index (χ4v) is 2.60. The lowest BCUT2D eigenvalue weighted by Crippen LogP contribution is -2.20. The maximum atomic E-state index is 12.3. The number of rotatable bonds is 5. The summed E-state index contributed by atoms with van der Waals surface area (Å²) in [4.78, 5) is 22.9. The molecule has 22 heavy (non-hydrogen) atoms. The van der Waals surface area contributed by atoms with Crippen molar-refractivity contribution in [1.29, 1.82) is 0 Å². The average Bonchev–Trinajstić information content (AvgIpc) is 2.49. The molecule has 0 aliphatic carbocycles. The third kappa shape index (κ3) is 4.70. The van der Waals surface area contributed by atoms with Crippen molar-refractivity contribution < 1.29 is 14.3 Å². The summed E-state index contributed by atoms with van der Waals surface area (Å²) < 4.78 is 6.85. The van der Waals surface area contributed by atoms with Gasteiger partial charge >= 0.3 is 0 Å². The van der Waals surface area contributed by atoms with Crippen LogP contribution in [0.25, 0.3) is 0 Å². The number of primary amides is 1. The van der Waals surface area contributed by atoms with E-state index in [0.29, 0.717) is 17.0 Å². The second-order valence-electron chi connectivity index (χ2n) is 4.36. The van der Waals surface area contributed by atoms with Crippen LogP contribution in [-0.4, -0.2) is 18.4 Å². The van der Waals surface area contributed by atoms with Crippen LogP contribution in [0.5, 0.6) is 5.75 Å². The van der Waals surface area contributed by atoms with Gasteiger partial charge in [0.1, 0.15) is 5.75 Å². The van der Waals surface area contributed by atoms with E-state index in [-0.39, 0.29) is 12.5 Å². The Morgan fingerprint density at radius 2 is 1.86 bits per heavy atom. The third-order valence-electron chi connectivity index (χ3n) is 2.67. The van der Waals surface area contributed by atoms with Crippen LogP contribution in [0.4, 0.5) is 5.69 Å². The predicted molar refractivity (Wildman–Crippen MR) is 95.9 cm³/mol. The number of nitrogens with two attached hydrogens (primary N) is 1. The van der Waals surface area contributed by atoms with Gasteiger partial charge in [0.05, 0.1) is 5.56 Å². The summed E-state index contributed by atoms with van der Waals surface area (Å²) in [5, 5.41) is 2.81. The van der Waals surface area contributed by atoms with Crippen LogP contribution in [0.15, 0.2) is 46.9 Å². The Bertz CT molecular complexity index is 704. The van der Waals surface area contributed by atoms with Crippen LogP contribution < -0.4 is 15.8 Å². The van der Waals surface area contributed by atoms with Crippen molar-refractivity contribution >= 4 is 56.0 Å². The van der Waals surface area contributed by atoms with Crippen molar-refractivity contribution in [2.45, 2.75) is 0 Å². The van der Waals surface area contributed by atoms with E-state index in [0.717, 1.165) is 8.04 Å². The normalized spacial score (nSPS) is 10.1. The molecule has 0 aliphatic rings. The first-order valence-electron chi connectivity index (χ1n) is 6.23. The molecule has 2 rings (SSSR count). The van der Waals surface area contributed by atoms with Gasteiger partial charge in [-0.2, -0.15) is 0 Å². The molecule has 7 heteroatoms. The number of halogens is 2. The zero-order chi connectivity index (χ0) is 16.1. The molecule has 0 bridgehead atoms. The van der Waals surface area contributed by atoms with Crippen molar-refractivity contribution in [3.8, 4) is 5.75 Å². The molecule has 5 nitrogen and oxygen atoms in total. The number of nitrogens with one attached hydrogen (secondary N) is 1. The molecule has 0 unspecified atom stereocenters. The van der Waals surface area contributed by atoms with Crippen LogP contribution in [0.3, 0.4) is 0 Å². The van der Waals surface area contributed by atoms with Crippen LogP contribution in [-0.2, 0) is 4.79 Å². The molecule has 0 radical (unpaired) electrons.